The van der Waals surface area contributed by atoms with Gasteiger partial charge in [-0.1, -0.05) is 86.3 Å². The monoisotopic (exact) mass is 625 g/mol. The molecule has 3 N–H and O–H groups in total. The van der Waals surface area contributed by atoms with E-state index in [-0.39, 0.29) is 42.3 Å². The lowest BCUT2D eigenvalue weighted by Gasteiger charge is -2.09. The van der Waals surface area contributed by atoms with Gasteiger partial charge in [0.25, 0.3) is 0 Å². The van der Waals surface area contributed by atoms with Crippen molar-refractivity contribution in [3.63, 3.8) is 0 Å². The van der Waals surface area contributed by atoms with Crippen LogP contribution in [0.15, 0.2) is 48.5 Å². The van der Waals surface area contributed by atoms with Crippen LogP contribution >= 0.6 is 0 Å². The summed E-state index contributed by atoms with van der Waals surface area (Å²) < 4.78 is 9.44. The molecule has 1 atom stereocenters. The lowest BCUT2D eigenvalue weighted by Crippen LogP contribution is -3.00. The van der Waals surface area contributed by atoms with E-state index < -0.39 is 0 Å². The Bertz CT molecular complexity index is 897. The van der Waals surface area contributed by atoms with Crippen LogP contribution in [0.4, 0.5) is 0 Å². The van der Waals surface area contributed by atoms with Crippen LogP contribution in [0.25, 0.3) is 0 Å². The third kappa shape index (κ3) is 21.0. The number of ketones is 2. The molecule has 2 aliphatic heterocycles. The zero-order chi connectivity index (χ0) is 29.4. The molecule has 0 bridgehead atoms. The van der Waals surface area contributed by atoms with Gasteiger partial charge >= 0.3 is 0 Å². The molecule has 42 heavy (non-hydrogen) atoms. The molecule has 2 aromatic rings. The number of rotatable bonds is 10. The molecule has 0 radical (unpaired) electrons. The standard InChI is InChI=1S/C16H25NO.C10H12O.C5H11N.C3H6O2.2ClH/c1-4-5-6-11-17-12-14(3)16(18)15-9-7-13(2)8-10-15;1-3-10(11)9-6-4-8(2)5-7-9;1-2-4-6-5-3-1;1-2-5-3-4-1;;/h7-10,14,17H,4-6,11-12H2,1-3H3;4-7H,3H2,1-2H3;6H,1-5H2;1-3H2;2*1H/p-1. The van der Waals surface area contributed by atoms with Gasteiger partial charge in [-0.25, -0.2) is 0 Å². The molecule has 4 rings (SSSR count). The summed E-state index contributed by atoms with van der Waals surface area (Å²) in [4.78, 5) is 23.3. The predicted molar refractivity (Wildman–Crippen MR) is 165 cm³/mol. The van der Waals surface area contributed by atoms with Gasteiger partial charge in [-0.3, -0.25) is 9.59 Å². The second kappa shape index (κ2) is 28.0. The highest BCUT2D eigenvalue weighted by Gasteiger charge is 2.16. The van der Waals surface area contributed by atoms with Crippen molar-refractivity contribution in [2.75, 3.05) is 46.2 Å². The maximum absolute atomic E-state index is 12.2. The van der Waals surface area contributed by atoms with E-state index in [2.05, 4.69) is 17.6 Å². The van der Waals surface area contributed by atoms with E-state index in [1.807, 2.05) is 76.2 Å². The number of quaternary nitrogens is 1. The minimum Gasteiger partial charge on any atom is -1.00 e. The molecular formula is C34H55Cl2N2O4-. The van der Waals surface area contributed by atoms with Gasteiger partial charge in [0.1, 0.15) is 6.79 Å². The summed E-state index contributed by atoms with van der Waals surface area (Å²) in [7, 11) is 0. The molecule has 240 valence electrons. The normalized spacial score (nSPS) is 14.1. The van der Waals surface area contributed by atoms with Crippen LogP contribution in [0.2, 0.25) is 0 Å². The van der Waals surface area contributed by atoms with E-state index in [0.717, 1.165) is 37.4 Å². The number of hydrogen-bond acceptors (Lipinski definition) is 5. The summed E-state index contributed by atoms with van der Waals surface area (Å²) >= 11 is 0. The van der Waals surface area contributed by atoms with Crippen LogP contribution in [0, 0.1) is 19.8 Å². The average Bonchev–Trinajstić information content (AvgIpc) is 3.59. The minimum absolute atomic E-state index is 0. The van der Waals surface area contributed by atoms with E-state index in [9.17, 15) is 9.59 Å². The maximum atomic E-state index is 12.2. The van der Waals surface area contributed by atoms with Gasteiger partial charge in [0.05, 0.1) is 32.2 Å². The van der Waals surface area contributed by atoms with Gasteiger partial charge in [-0.15, -0.1) is 0 Å². The van der Waals surface area contributed by atoms with Crippen molar-refractivity contribution in [3.8, 4) is 0 Å². The molecule has 6 nitrogen and oxygen atoms in total. The Balaban J connectivity index is 0. The van der Waals surface area contributed by atoms with Crippen molar-refractivity contribution < 1.29 is 49.2 Å². The summed E-state index contributed by atoms with van der Waals surface area (Å²) in [6, 6.07) is 15.6. The molecule has 8 heteroatoms. The molecule has 0 aromatic heterocycles. The first-order chi connectivity index (χ1) is 19.4. The Morgan fingerprint density at radius 1 is 0.810 bits per heavy atom. The molecule has 2 saturated heterocycles. The first kappa shape index (κ1) is 42.3. The van der Waals surface area contributed by atoms with Crippen molar-refractivity contribution in [2.45, 2.75) is 79.6 Å². The van der Waals surface area contributed by atoms with Gasteiger partial charge in [0.15, 0.2) is 11.6 Å². The first-order valence-electron chi connectivity index (χ1n) is 15.3. The van der Waals surface area contributed by atoms with Crippen molar-refractivity contribution in [3.05, 3.63) is 70.8 Å². The van der Waals surface area contributed by atoms with Crippen molar-refractivity contribution >= 4 is 11.6 Å². The van der Waals surface area contributed by atoms with Gasteiger partial charge in [-0.2, -0.15) is 0 Å². The van der Waals surface area contributed by atoms with E-state index in [1.165, 1.54) is 62.7 Å². The van der Waals surface area contributed by atoms with E-state index >= 15 is 0 Å². The first-order valence-corrected chi connectivity index (χ1v) is 15.3. The molecule has 0 spiro atoms. The average molecular weight is 627 g/mol. The molecule has 0 aliphatic carbocycles. The number of aryl methyl sites for hydroxylation is 2. The second-order valence-electron chi connectivity index (χ2n) is 10.5. The van der Waals surface area contributed by atoms with Crippen molar-refractivity contribution in [1.82, 2.24) is 5.32 Å². The smallest absolute Gasteiger partial charge is 0.171 e. The van der Waals surface area contributed by atoms with Gasteiger partial charge in [0, 0.05) is 17.5 Å². The number of benzene rings is 2. The number of Topliss-reactive ketones (excluding diaryl/α,β-unsaturated/α-hetero) is 2. The molecule has 2 fully saturated rings. The lowest BCUT2D eigenvalue weighted by atomic mass is 9.98. The second-order valence-corrected chi connectivity index (χ2v) is 10.5. The minimum atomic E-state index is 0. The Morgan fingerprint density at radius 2 is 1.33 bits per heavy atom. The summed E-state index contributed by atoms with van der Waals surface area (Å²) in [6.07, 6.45) is 8.60. The largest absolute Gasteiger partial charge is 1.00 e. The summed E-state index contributed by atoms with van der Waals surface area (Å²) in [5.41, 5.74) is 4.05. The molecular weight excluding hydrogens is 571 g/mol. The lowest BCUT2D eigenvalue weighted by molar-refractivity contribution is -0.658. The van der Waals surface area contributed by atoms with Crippen molar-refractivity contribution in [2.24, 2.45) is 5.92 Å². The number of carbonyl (C=O) groups is 2. The number of carbonyl (C=O) groups excluding carboxylic acids is 2. The van der Waals surface area contributed by atoms with Crippen LogP contribution in [0.3, 0.4) is 0 Å². The molecule has 0 saturated carbocycles. The number of ether oxygens (including phenoxy) is 2. The zero-order valence-corrected chi connectivity index (χ0v) is 28.1. The van der Waals surface area contributed by atoms with Crippen molar-refractivity contribution in [1.29, 1.82) is 0 Å². The van der Waals surface area contributed by atoms with Crippen LogP contribution in [0.5, 0.6) is 0 Å². The van der Waals surface area contributed by atoms with Gasteiger partial charge in [-0.05, 0) is 59.5 Å². The highest BCUT2D eigenvalue weighted by molar-refractivity contribution is 5.97. The molecule has 1 unspecified atom stereocenters. The molecule has 2 aromatic carbocycles. The predicted octanol–water partition coefficient (Wildman–Crippen LogP) is -0.0863. The summed E-state index contributed by atoms with van der Waals surface area (Å²) in [6.45, 7) is 16.8. The fourth-order valence-electron chi connectivity index (χ4n) is 4.06. The zero-order valence-electron chi connectivity index (χ0n) is 26.6. The number of piperidine rings is 1. The molecule has 0 amide bonds. The number of halogens is 2. The number of nitrogens with two attached hydrogens (primary N) is 1. The van der Waals surface area contributed by atoms with E-state index in [1.54, 1.807) is 0 Å². The SMILES string of the molecule is C1CCNCC1.C1COCO1.CCC(=O)c1ccc(C)cc1.CCCCC[NH2+]CC(C)C(=O)c1ccc(C)cc1.[Cl-].[Cl-]. The van der Waals surface area contributed by atoms with Crippen LogP contribution in [-0.4, -0.2) is 57.8 Å². The third-order valence-electron chi connectivity index (χ3n) is 6.76. The summed E-state index contributed by atoms with van der Waals surface area (Å²) in [5, 5.41) is 5.55. The Labute approximate surface area is 267 Å². The number of unbranched alkanes of at least 4 members (excludes halogenated alkanes) is 2. The van der Waals surface area contributed by atoms with Gasteiger partial charge in [0.2, 0.25) is 0 Å². The third-order valence-corrected chi connectivity index (χ3v) is 6.76. The van der Waals surface area contributed by atoms with E-state index in [0.29, 0.717) is 13.2 Å². The van der Waals surface area contributed by atoms with Crippen LogP contribution < -0.4 is 35.4 Å². The Hall–Kier alpha value is -1.80. The highest BCUT2D eigenvalue weighted by Crippen LogP contribution is 2.09. The van der Waals surface area contributed by atoms with Gasteiger partial charge < -0.3 is 44.9 Å². The highest BCUT2D eigenvalue weighted by atomic mass is 35.5. The maximum Gasteiger partial charge on any atom is 0.171 e. The Morgan fingerprint density at radius 3 is 1.71 bits per heavy atom. The topological polar surface area (TPSA) is 81.2 Å². The fourth-order valence-corrected chi connectivity index (χ4v) is 4.06. The van der Waals surface area contributed by atoms with Crippen LogP contribution in [0.1, 0.15) is 97.6 Å². The fraction of sp³-hybridized carbons (Fsp3) is 0.588. The summed E-state index contributed by atoms with van der Waals surface area (Å²) in [5.74, 6) is 0.584. The number of hydrogen-bond donors (Lipinski definition) is 2. The molecule has 2 aliphatic rings. The molecule has 2 heterocycles. The van der Waals surface area contributed by atoms with Crippen LogP contribution in [-0.2, 0) is 9.47 Å². The number of nitrogens with one attached hydrogen (secondary N) is 1. The Kier molecular flexibility index (Phi) is 28.2. The quantitative estimate of drug-likeness (QED) is 0.285. The van der Waals surface area contributed by atoms with E-state index in [4.69, 9.17) is 9.47 Å².